The third kappa shape index (κ3) is 3.03. The molecule has 3 N–H and O–H groups in total. The van der Waals surface area contributed by atoms with Gasteiger partial charge in [0.05, 0.1) is 0 Å². The zero-order chi connectivity index (χ0) is 14.6. The summed E-state index contributed by atoms with van der Waals surface area (Å²) in [4.78, 5) is 16.4. The predicted octanol–water partition coefficient (Wildman–Crippen LogP) is 1.88. The number of rotatable bonds is 4. The van der Waals surface area contributed by atoms with Gasteiger partial charge >= 0.3 is 0 Å². The number of benzene rings is 1. The van der Waals surface area contributed by atoms with E-state index in [1.165, 1.54) is 0 Å². The predicted molar refractivity (Wildman–Crippen MR) is 78.8 cm³/mol. The maximum absolute atomic E-state index is 12.3. The topological polar surface area (TPSA) is 68.0 Å². The SMILES string of the molecule is Cc1ccncc1CNC(=O)C(C)(N)c1ccccc1. The molecule has 0 bridgehead atoms. The van der Waals surface area contributed by atoms with Gasteiger partial charge in [-0.05, 0) is 36.6 Å². The van der Waals surface area contributed by atoms with Crippen LogP contribution in [0.4, 0.5) is 0 Å². The lowest BCUT2D eigenvalue weighted by Gasteiger charge is -2.24. The molecule has 0 aliphatic rings. The fourth-order valence-electron chi connectivity index (χ4n) is 1.96. The summed E-state index contributed by atoms with van der Waals surface area (Å²) >= 11 is 0. The van der Waals surface area contributed by atoms with Gasteiger partial charge in [-0.1, -0.05) is 30.3 Å². The number of carbonyl (C=O) groups is 1. The van der Waals surface area contributed by atoms with Crippen LogP contribution in [0.25, 0.3) is 0 Å². The first-order valence-electron chi connectivity index (χ1n) is 6.54. The van der Waals surface area contributed by atoms with Gasteiger partial charge in [-0.15, -0.1) is 0 Å². The van der Waals surface area contributed by atoms with Gasteiger partial charge in [0.25, 0.3) is 0 Å². The maximum atomic E-state index is 12.3. The van der Waals surface area contributed by atoms with E-state index in [2.05, 4.69) is 10.3 Å². The van der Waals surface area contributed by atoms with E-state index in [4.69, 9.17) is 5.73 Å². The van der Waals surface area contributed by atoms with Gasteiger partial charge in [0.15, 0.2) is 0 Å². The average Bonchev–Trinajstić information content (AvgIpc) is 2.47. The van der Waals surface area contributed by atoms with E-state index in [-0.39, 0.29) is 5.91 Å². The van der Waals surface area contributed by atoms with Crippen molar-refractivity contribution in [1.29, 1.82) is 0 Å². The summed E-state index contributed by atoms with van der Waals surface area (Å²) in [6.07, 6.45) is 3.49. The Kier molecular flexibility index (Phi) is 4.15. The summed E-state index contributed by atoms with van der Waals surface area (Å²) in [5, 5.41) is 2.87. The lowest BCUT2D eigenvalue weighted by molar-refractivity contribution is -0.126. The van der Waals surface area contributed by atoms with Crippen LogP contribution >= 0.6 is 0 Å². The molecule has 2 rings (SSSR count). The highest BCUT2D eigenvalue weighted by Crippen LogP contribution is 2.17. The Labute approximate surface area is 119 Å². The summed E-state index contributed by atoms with van der Waals surface area (Å²) in [7, 11) is 0. The molecule has 0 aliphatic heterocycles. The van der Waals surface area contributed by atoms with Gasteiger partial charge in [-0.3, -0.25) is 9.78 Å². The van der Waals surface area contributed by atoms with Crippen LogP contribution in [0, 0.1) is 6.92 Å². The normalized spacial score (nSPS) is 13.6. The second-order valence-electron chi connectivity index (χ2n) is 5.05. The highest BCUT2D eigenvalue weighted by molar-refractivity contribution is 5.86. The van der Waals surface area contributed by atoms with Crippen molar-refractivity contribution in [3.8, 4) is 0 Å². The number of pyridine rings is 1. The Morgan fingerprint density at radius 2 is 2.00 bits per heavy atom. The van der Waals surface area contributed by atoms with Gasteiger partial charge in [0.1, 0.15) is 5.54 Å². The van der Waals surface area contributed by atoms with Gasteiger partial charge in [0, 0.05) is 18.9 Å². The third-order valence-electron chi connectivity index (χ3n) is 3.43. The zero-order valence-corrected chi connectivity index (χ0v) is 11.8. The number of nitrogens with one attached hydrogen (secondary N) is 1. The minimum atomic E-state index is -1.04. The van der Waals surface area contributed by atoms with E-state index in [0.717, 1.165) is 16.7 Å². The van der Waals surface area contributed by atoms with E-state index >= 15 is 0 Å². The fraction of sp³-hybridized carbons (Fsp3) is 0.250. The Bertz CT molecular complexity index is 594. The van der Waals surface area contributed by atoms with Gasteiger partial charge in [0.2, 0.25) is 5.91 Å². The summed E-state index contributed by atoms with van der Waals surface area (Å²) in [5.74, 6) is -0.202. The van der Waals surface area contributed by atoms with Gasteiger partial charge < -0.3 is 11.1 Å². The zero-order valence-electron chi connectivity index (χ0n) is 11.8. The lowest BCUT2D eigenvalue weighted by atomic mass is 9.92. The first-order valence-corrected chi connectivity index (χ1v) is 6.54. The minimum absolute atomic E-state index is 0.202. The molecule has 0 spiro atoms. The highest BCUT2D eigenvalue weighted by atomic mass is 16.2. The molecule has 0 saturated heterocycles. The fourth-order valence-corrected chi connectivity index (χ4v) is 1.96. The molecule has 1 atom stereocenters. The number of hydrogen-bond acceptors (Lipinski definition) is 3. The van der Waals surface area contributed by atoms with E-state index in [1.54, 1.807) is 19.3 Å². The summed E-state index contributed by atoms with van der Waals surface area (Å²) in [5.41, 5.74) is 7.99. The molecule has 0 radical (unpaired) electrons. The molecule has 1 aromatic carbocycles. The monoisotopic (exact) mass is 269 g/mol. The van der Waals surface area contributed by atoms with Crippen molar-refractivity contribution < 1.29 is 4.79 Å². The van der Waals surface area contributed by atoms with E-state index in [9.17, 15) is 4.79 Å². The second-order valence-corrected chi connectivity index (χ2v) is 5.05. The molecule has 0 saturated carbocycles. The van der Waals surface area contributed by atoms with Crippen LogP contribution in [0.5, 0.6) is 0 Å². The van der Waals surface area contributed by atoms with Crippen molar-refractivity contribution in [3.63, 3.8) is 0 Å². The number of nitrogens with two attached hydrogens (primary N) is 1. The van der Waals surface area contributed by atoms with Crippen molar-refractivity contribution in [2.45, 2.75) is 25.9 Å². The van der Waals surface area contributed by atoms with Crippen molar-refractivity contribution in [2.75, 3.05) is 0 Å². The van der Waals surface area contributed by atoms with Crippen molar-refractivity contribution in [1.82, 2.24) is 10.3 Å². The molecule has 0 aliphatic carbocycles. The van der Waals surface area contributed by atoms with Crippen molar-refractivity contribution in [2.24, 2.45) is 5.73 Å². The van der Waals surface area contributed by atoms with Crippen LogP contribution in [-0.4, -0.2) is 10.9 Å². The van der Waals surface area contributed by atoms with Crippen molar-refractivity contribution in [3.05, 3.63) is 65.5 Å². The first kappa shape index (κ1) is 14.2. The van der Waals surface area contributed by atoms with Gasteiger partial charge in [-0.2, -0.15) is 0 Å². The Morgan fingerprint density at radius 3 is 2.65 bits per heavy atom. The molecular weight excluding hydrogens is 250 g/mol. The van der Waals surface area contributed by atoms with Crippen LogP contribution in [-0.2, 0) is 16.9 Å². The number of amides is 1. The lowest BCUT2D eigenvalue weighted by Crippen LogP contribution is -2.48. The summed E-state index contributed by atoms with van der Waals surface area (Å²) in [6.45, 7) is 4.13. The van der Waals surface area contributed by atoms with Crippen LogP contribution in [0.3, 0.4) is 0 Å². The maximum Gasteiger partial charge on any atom is 0.244 e. The first-order chi connectivity index (χ1) is 9.51. The molecule has 1 aromatic heterocycles. The smallest absolute Gasteiger partial charge is 0.244 e. The molecule has 104 valence electrons. The van der Waals surface area contributed by atoms with Crippen molar-refractivity contribution >= 4 is 5.91 Å². The molecule has 20 heavy (non-hydrogen) atoms. The molecule has 4 heteroatoms. The molecule has 4 nitrogen and oxygen atoms in total. The second kappa shape index (κ2) is 5.84. The Morgan fingerprint density at radius 1 is 1.30 bits per heavy atom. The number of aromatic nitrogens is 1. The number of nitrogens with zero attached hydrogens (tertiary/aromatic N) is 1. The summed E-state index contributed by atoms with van der Waals surface area (Å²) < 4.78 is 0. The number of hydrogen-bond donors (Lipinski definition) is 2. The van der Waals surface area contributed by atoms with E-state index in [1.807, 2.05) is 43.3 Å². The summed E-state index contributed by atoms with van der Waals surface area (Å²) in [6, 6.07) is 11.3. The van der Waals surface area contributed by atoms with Crippen LogP contribution in [0.2, 0.25) is 0 Å². The van der Waals surface area contributed by atoms with E-state index in [0.29, 0.717) is 6.54 Å². The molecule has 1 heterocycles. The molecule has 1 unspecified atom stereocenters. The standard InChI is InChI=1S/C16H19N3O/c1-12-8-9-18-10-13(12)11-19-15(20)16(2,17)14-6-4-3-5-7-14/h3-10H,11,17H2,1-2H3,(H,19,20). The molecular formula is C16H19N3O. The van der Waals surface area contributed by atoms with Crippen LogP contribution in [0.15, 0.2) is 48.8 Å². The quantitative estimate of drug-likeness (QED) is 0.890. The highest BCUT2D eigenvalue weighted by Gasteiger charge is 2.29. The van der Waals surface area contributed by atoms with Gasteiger partial charge in [-0.25, -0.2) is 0 Å². The minimum Gasteiger partial charge on any atom is -0.350 e. The number of aryl methyl sites for hydroxylation is 1. The average molecular weight is 269 g/mol. The molecule has 2 aromatic rings. The number of carbonyl (C=O) groups excluding carboxylic acids is 1. The molecule has 0 fully saturated rings. The van der Waals surface area contributed by atoms with E-state index < -0.39 is 5.54 Å². The Hall–Kier alpha value is -2.20. The Balaban J connectivity index is 2.07. The largest absolute Gasteiger partial charge is 0.350 e. The third-order valence-corrected chi connectivity index (χ3v) is 3.43. The van der Waals surface area contributed by atoms with Crippen LogP contribution < -0.4 is 11.1 Å². The molecule has 1 amide bonds. The van der Waals surface area contributed by atoms with Crippen LogP contribution in [0.1, 0.15) is 23.6 Å².